The number of nitrogens with zero attached hydrogens (tertiary/aromatic N) is 2. The van der Waals surface area contributed by atoms with Gasteiger partial charge in [-0.2, -0.15) is 5.26 Å². The predicted octanol–water partition coefficient (Wildman–Crippen LogP) is 3.00. The molecule has 1 heterocycles. The normalized spacial score (nSPS) is 20.3. The highest BCUT2D eigenvalue weighted by atomic mass is 15.2. The van der Waals surface area contributed by atoms with Crippen LogP contribution in [0.1, 0.15) is 31.2 Å². The van der Waals surface area contributed by atoms with Gasteiger partial charge in [-0.05, 0) is 37.8 Å². The molecular formula is C15H20N2. The Bertz CT molecular complexity index is 366. The van der Waals surface area contributed by atoms with E-state index in [9.17, 15) is 0 Å². The highest BCUT2D eigenvalue weighted by Crippen LogP contribution is 2.21. The molecule has 0 amide bonds. The van der Waals surface area contributed by atoms with Gasteiger partial charge in [0.05, 0.1) is 6.07 Å². The molecule has 1 aliphatic rings. The van der Waals surface area contributed by atoms with E-state index in [4.69, 9.17) is 5.26 Å². The van der Waals surface area contributed by atoms with Crippen molar-refractivity contribution in [2.75, 3.05) is 13.1 Å². The molecule has 1 atom stereocenters. The van der Waals surface area contributed by atoms with E-state index in [1.54, 1.807) is 0 Å². The lowest BCUT2D eigenvalue weighted by atomic mass is 10.0. The Morgan fingerprint density at radius 3 is 2.88 bits per heavy atom. The first kappa shape index (κ1) is 12.1. The Kier molecular flexibility index (Phi) is 4.58. The van der Waals surface area contributed by atoms with Crippen LogP contribution in [0.2, 0.25) is 0 Å². The van der Waals surface area contributed by atoms with Crippen molar-refractivity contribution >= 4 is 0 Å². The van der Waals surface area contributed by atoms with E-state index in [0.29, 0.717) is 12.5 Å². The molecule has 90 valence electrons. The largest absolute Gasteiger partial charge is 0.299 e. The van der Waals surface area contributed by atoms with Gasteiger partial charge in [-0.25, -0.2) is 0 Å². The maximum absolute atomic E-state index is 8.64. The number of rotatable bonds is 5. The fourth-order valence-electron chi connectivity index (χ4n) is 2.69. The van der Waals surface area contributed by atoms with Gasteiger partial charge >= 0.3 is 0 Å². The third-order valence-corrected chi connectivity index (χ3v) is 3.62. The second-order valence-electron chi connectivity index (χ2n) is 4.76. The molecule has 0 saturated carbocycles. The third-order valence-electron chi connectivity index (χ3n) is 3.62. The minimum atomic E-state index is 0.668. The summed E-state index contributed by atoms with van der Waals surface area (Å²) >= 11 is 0. The fourth-order valence-corrected chi connectivity index (χ4v) is 2.69. The molecule has 0 radical (unpaired) electrons. The summed E-state index contributed by atoms with van der Waals surface area (Å²) in [6, 6.07) is 13.6. The van der Waals surface area contributed by atoms with Gasteiger partial charge < -0.3 is 0 Å². The SMILES string of the molecule is N#CCCN1CCCC1CCc1ccccc1. The molecule has 0 aromatic heterocycles. The first-order valence-electron chi connectivity index (χ1n) is 6.55. The van der Waals surface area contributed by atoms with Crippen molar-refractivity contribution in [1.82, 2.24) is 4.90 Å². The fraction of sp³-hybridized carbons (Fsp3) is 0.533. The van der Waals surface area contributed by atoms with E-state index in [1.807, 2.05) is 0 Å². The van der Waals surface area contributed by atoms with Gasteiger partial charge in [0.15, 0.2) is 0 Å². The molecule has 1 saturated heterocycles. The highest BCUT2D eigenvalue weighted by molar-refractivity contribution is 5.14. The molecule has 0 N–H and O–H groups in total. The van der Waals surface area contributed by atoms with Crippen LogP contribution in [0.3, 0.4) is 0 Å². The molecule has 1 unspecified atom stereocenters. The number of benzene rings is 1. The van der Waals surface area contributed by atoms with Crippen molar-refractivity contribution in [3.05, 3.63) is 35.9 Å². The van der Waals surface area contributed by atoms with Gasteiger partial charge in [0, 0.05) is 19.0 Å². The third kappa shape index (κ3) is 3.57. The molecule has 2 nitrogen and oxygen atoms in total. The van der Waals surface area contributed by atoms with Crippen molar-refractivity contribution in [1.29, 1.82) is 5.26 Å². The standard InChI is InChI=1S/C15H20N2/c16-11-5-13-17-12-4-8-15(17)10-9-14-6-2-1-3-7-14/h1-3,6-7,15H,4-5,8-10,12-13H2. The highest BCUT2D eigenvalue weighted by Gasteiger charge is 2.23. The summed E-state index contributed by atoms with van der Waals surface area (Å²) in [5.41, 5.74) is 1.43. The van der Waals surface area contributed by atoms with Crippen LogP contribution in [0.15, 0.2) is 30.3 Å². The Labute approximate surface area is 104 Å². The van der Waals surface area contributed by atoms with Gasteiger partial charge in [-0.15, -0.1) is 0 Å². The van der Waals surface area contributed by atoms with Crippen LogP contribution < -0.4 is 0 Å². The van der Waals surface area contributed by atoms with E-state index < -0.39 is 0 Å². The van der Waals surface area contributed by atoms with Gasteiger partial charge in [-0.3, -0.25) is 4.90 Å². The number of likely N-dealkylation sites (tertiary alicyclic amines) is 1. The van der Waals surface area contributed by atoms with Crippen molar-refractivity contribution in [2.45, 2.75) is 38.1 Å². The van der Waals surface area contributed by atoms with E-state index in [1.165, 1.54) is 31.4 Å². The molecule has 0 spiro atoms. The van der Waals surface area contributed by atoms with E-state index in [-0.39, 0.29) is 0 Å². The van der Waals surface area contributed by atoms with Gasteiger partial charge in [0.1, 0.15) is 0 Å². The van der Waals surface area contributed by atoms with E-state index in [0.717, 1.165) is 13.0 Å². The zero-order valence-corrected chi connectivity index (χ0v) is 10.3. The van der Waals surface area contributed by atoms with Crippen LogP contribution in [0.4, 0.5) is 0 Å². The predicted molar refractivity (Wildman–Crippen MR) is 69.6 cm³/mol. The summed E-state index contributed by atoms with van der Waals surface area (Å²) in [7, 11) is 0. The second kappa shape index (κ2) is 6.42. The zero-order valence-electron chi connectivity index (χ0n) is 10.3. The monoisotopic (exact) mass is 228 g/mol. The molecule has 2 heteroatoms. The molecule has 17 heavy (non-hydrogen) atoms. The quantitative estimate of drug-likeness (QED) is 0.774. The Balaban J connectivity index is 1.80. The number of hydrogen-bond acceptors (Lipinski definition) is 2. The van der Waals surface area contributed by atoms with Gasteiger partial charge in [0.2, 0.25) is 0 Å². The zero-order chi connectivity index (χ0) is 11.9. The lowest BCUT2D eigenvalue weighted by Crippen LogP contribution is -2.30. The molecule has 1 aromatic rings. The van der Waals surface area contributed by atoms with Crippen molar-refractivity contribution < 1.29 is 0 Å². The Morgan fingerprint density at radius 1 is 1.29 bits per heavy atom. The molecule has 2 rings (SSSR count). The van der Waals surface area contributed by atoms with Crippen LogP contribution in [0, 0.1) is 11.3 Å². The van der Waals surface area contributed by atoms with Gasteiger partial charge in [-0.1, -0.05) is 30.3 Å². The van der Waals surface area contributed by atoms with Crippen molar-refractivity contribution in [2.24, 2.45) is 0 Å². The molecule has 1 aromatic carbocycles. The summed E-state index contributed by atoms with van der Waals surface area (Å²) in [5.74, 6) is 0. The summed E-state index contributed by atoms with van der Waals surface area (Å²) in [5, 5.41) is 8.64. The molecule has 1 aliphatic heterocycles. The summed E-state index contributed by atoms with van der Waals surface area (Å²) in [4.78, 5) is 2.49. The number of hydrogen-bond donors (Lipinski definition) is 0. The van der Waals surface area contributed by atoms with Crippen LogP contribution in [0.5, 0.6) is 0 Å². The lowest BCUT2D eigenvalue weighted by molar-refractivity contribution is 0.248. The molecule has 0 aliphatic carbocycles. The lowest BCUT2D eigenvalue weighted by Gasteiger charge is -2.23. The van der Waals surface area contributed by atoms with E-state index in [2.05, 4.69) is 41.3 Å². The van der Waals surface area contributed by atoms with Gasteiger partial charge in [0.25, 0.3) is 0 Å². The topological polar surface area (TPSA) is 27.0 Å². The maximum atomic E-state index is 8.64. The first-order chi connectivity index (χ1) is 8.40. The second-order valence-corrected chi connectivity index (χ2v) is 4.76. The first-order valence-corrected chi connectivity index (χ1v) is 6.55. The maximum Gasteiger partial charge on any atom is 0.0635 e. The minimum absolute atomic E-state index is 0.668. The average Bonchev–Trinajstić information content (AvgIpc) is 2.82. The van der Waals surface area contributed by atoms with Crippen LogP contribution >= 0.6 is 0 Å². The Hall–Kier alpha value is -1.33. The molecular weight excluding hydrogens is 208 g/mol. The molecule has 0 bridgehead atoms. The van der Waals surface area contributed by atoms with Crippen LogP contribution in [-0.4, -0.2) is 24.0 Å². The summed E-state index contributed by atoms with van der Waals surface area (Å²) in [6.45, 7) is 2.14. The molecule has 1 fully saturated rings. The Morgan fingerprint density at radius 2 is 2.12 bits per heavy atom. The smallest absolute Gasteiger partial charge is 0.0635 e. The summed E-state index contributed by atoms with van der Waals surface area (Å²) < 4.78 is 0. The van der Waals surface area contributed by atoms with Crippen LogP contribution in [-0.2, 0) is 6.42 Å². The minimum Gasteiger partial charge on any atom is -0.299 e. The number of aryl methyl sites for hydroxylation is 1. The number of nitriles is 1. The van der Waals surface area contributed by atoms with Crippen molar-refractivity contribution in [3.63, 3.8) is 0 Å². The van der Waals surface area contributed by atoms with Crippen LogP contribution in [0.25, 0.3) is 0 Å². The van der Waals surface area contributed by atoms with Crippen molar-refractivity contribution in [3.8, 4) is 6.07 Å². The summed E-state index contributed by atoms with van der Waals surface area (Å²) in [6.07, 6.45) is 5.66. The average molecular weight is 228 g/mol. The van der Waals surface area contributed by atoms with E-state index >= 15 is 0 Å².